The summed E-state index contributed by atoms with van der Waals surface area (Å²) in [5.41, 5.74) is 0.0966. The largest absolute Gasteiger partial charge is 0.313 e. The standard InChI is InChI=1S/C14H18N2O4S/c1-11-2-4-13(5-3-11)21(19,20)15(16(17)18)14-8-6-12(10-14)7-9-14/h2-5,12H,6-10H2,1H3. The molecule has 0 heterocycles. The molecule has 1 aromatic carbocycles. The van der Waals surface area contributed by atoms with Crippen molar-refractivity contribution >= 4 is 10.0 Å². The van der Waals surface area contributed by atoms with Gasteiger partial charge in [-0.05, 0) is 61.5 Å². The van der Waals surface area contributed by atoms with Crippen molar-refractivity contribution in [3.05, 3.63) is 39.9 Å². The molecule has 0 saturated heterocycles. The molecule has 6 nitrogen and oxygen atoms in total. The van der Waals surface area contributed by atoms with Gasteiger partial charge in [-0.25, -0.2) is 10.1 Å². The molecule has 3 rings (SSSR count). The second-order valence-electron chi connectivity index (χ2n) is 6.17. The molecule has 2 aliphatic carbocycles. The zero-order valence-corrected chi connectivity index (χ0v) is 12.7. The monoisotopic (exact) mass is 310 g/mol. The zero-order chi connectivity index (χ0) is 15.3. The lowest BCUT2D eigenvalue weighted by Crippen LogP contribution is -2.52. The summed E-state index contributed by atoms with van der Waals surface area (Å²) in [5, 5.41) is 10.8. The first kappa shape index (κ1) is 14.3. The quantitative estimate of drug-likeness (QED) is 0.632. The molecule has 0 spiro atoms. The summed E-state index contributed by atoms with van der Waals surface area (Å²) in [6.45, 7) is 1.85. The summed E-state index contributed by atoms with van der Waals surface area (Å²) in [6.07, 6.45) is 3.55. The molecule has 2 bridgehead atoms. The highest BCUT2D eigenvalue weighted by Crippen LogP contribution is 2.52. The maximum absolute atomic E-state index is 12.7. The van der Waals surface area contributed by atoms with Crippen LogP contribution in [-0.2, 0) is 10.0 Å². The van der Waals surface area contributed by atoms with Gasteiger partial charge in [0.2, 0.25) is 0 Å². The number of nitro groups is 1. The van der Waals surface area contributed by atoms with Gasteiger partial charge in [-0.2, -0.15) is 8.42 Å². The molecule has 0 N–H and O–H groups in total. The number of rotatable bonds is 4. The van der Waals surface area contributed by atoms with Crippen molar-refractivity contribution in [3.8, 4) is 0 Å². The third-order valence-electron chi connectivity index (χ3n) is 4.81. The first-order valence-corrected chi connectivity index (χ1v) is 8.56. The van der Waals surface area contributed by atoms with Crippen molar-refractivity contribution in [2.24, 2.45) is 5.92 Å². The van der Waals surface area contributed by atoms with E-state index >= 15 is 0 Å². The van der Waals surface area contributed by atoms with Crippen LogP contribution >= 0.6 is 0 Å². The Kier molecular flexibility index (Phi) is 3.20. The predicted molar refractivity (Wildman–Crippen MR) is 76.5 cm³/mol. The molecule has 1 aromatic rings. The lowest BCUT2D eigenvalue weighted by atomic mass is 9.95. The lowest BCUT2D eigenvalue weighted by molar-refractivity contribution is -0.638. The van der Waals surface area contributed by atoms with Crippen molar-refractivity contribution in [2.45, 2.75) is 49.5 Å². The van der Waals surface area contributed by atoms with Gasteiger partial charge in [-0.3, -0.25) is 0 Å². The lowest BCUT2D eigenvalue weighted by Gasteiger charge is -2.31. The van der Waals surface area contributed by atoms with E-state index in [0.717, 1.165) is 18.4 Å². The fourth-order valence-electron chi connectivity index (χ4n) is 3.76. The fourth-order valence-corrected chi connectivity index (χ4v) is 5.38. The summed E-state index contributed by atoms with van der Waals surface area (Å²) in [5.74, 6) is 0.431. The van der Waals surface area contributed by atoms with Gasteiger partial charge < -0.3 is 0 Å². The van der Waals surface area contributed by atoms with Gasteiger partial charge >= 0.3 is 10.0 Å². The number of hydrogen-bond donors (Lipinski definition) is 0. The van der Waals surface area contributed by atoms with E-state index in [1.54, 1.807) is 12.1 Å². The van der Waals surface area contributed by atoms with Crippen molar-refractivity contribution in [1.29, 1.82) is 0 Å². The van der Waals surface area contributed by atoms with E-state index in [4.69, 9.17) is 0 Å². The highest BCUT2D eigenvalue weighted by molar-refractivity contribution is 7.89. The van der Waals surface area contributed by atoms with Crippen LogP contribution in [0.3, 0.4) is 0 Å². The Morgan fingerprint density at radius 1 is 1.24 bits per heavy atom. The van der Waals surface area contributed by atoms with Crippen LogP contribution in [0.4, 0.5) is 0 Å². The topological polar surface area (TPSA) is 80.5 Å². The third kappa shape index (κ3) is 2.19. The van der Waals surface area contributed by atoms with Crippen molar-refractivity contribution < 1.29 is 13.5 Å². The minimum atomic E-state index is -4.11. The number of hydrazine groups is 1. The molecule has 7 heteroatoms. The number of nitrogens with zero attached hydrogens (tertiary/aromatic N) is 2. The van der Waals surface area contributed by atoms with Crippen LogP contribution in [0.1, 0.15) is 37.7 Å². The highest BCUT2D eigenvalue weighted by Gasteiger charge is 2.58. The number of benzene rings is 1. The molecular formula is C14H18N2O4S. The molecule has 0 aromatic heterocycles. The first-order valence-electron chi connectivity index (χ1n) is 7.12. The minimum absolute atomic E-state index is 0.00507. The summed E-state index contributed by atoms with van der Waals surface area (Å²) in [7, 11) is -4.11. The maximum atomic E-state index is 12.7. The van der Waals surface area contributed by atoms with Crippen LogP contribution in [0.2, 0.25) is 0 Å². The van der Waals surface area contributed by atoms with Crippen LogP contribution in [0.25, 0.3) is 0 Å². The van der Waals surface area contributed by atoms with Gasteiger partial charge in [0.15, 0.2) is 5.03 Å². The number of hydrogen-bond acceptors (Lipinski definition) is 4. The average Bonchev–Trinajstić information content (AvgIpc) is 2.99. The van der Waals surface area contributed by atoms with Gasteiger partial charge in [0.1, 0.15) is 5.54 Å². The minimum Gasteiger partial charge on any atom is -0.234 e. The van der Waals surface area contributed by atoms with Gasteiger partial charge in [-0.15, -0.1) is 0 Å². The van der Waals surface area contributed by atoms with Crippen molar-refractivity contribution in [1.82, 2.24) is 4.41 Å². The zero-order valence-electron chi connectivity index (χ0n) is 11.9. The van der Waals surface area contributed by atoms with E-state index in [0.29, 0.717) is 29.6 Å². The molecule has 0 amide bonds. The van der Waals surface area contributed by atoms with Crippen LogP contribution < -0.4 is 0 Å². The smallest absolute Gasteiger partial charge is 0.234 e. The Morgan fingerprint density at radius 3 is 2.24 bits per heavy atom. The van der Waals surface area contributed by atoms with E-state index in [1.807, 2.05) is 6.92 Å². The number of sulfonamides is 1. The number of aryl methyl sites for hydroxylation is 1. The van der Waals surface area contributed by atoms with Crippen molar-refractivity contribution in [2.75, 3.05) is 0 Å². The molecule has 2 aliphatic rings. The maximum Gasteiger partial charge on any atom is 0.313 e. The summed E-state index contributed by atoms with van der Waals surface area (Å²) in [4.78, 5) is 11.5. The van der Waals surface area contributed by atoms with Crippen LogP contribution in [-0.4, -0.2) is 23.4 Å². The Morgan fingerprint density at radius 2 is 1.81 bits per heavy atom. The van der Waals surface area contributed by atoms with E-state index in [-0.39, 0.29) is 4.90 Å². The average molecular weight is 310 g/mol. The van der Waals surface area contributed by atoms with E-state index in [1.165, 1.54) is 12.1 Å². The Balaban J connectivity index is 2.05. The van der Waals surface area contributed by atoms with Gasteiger partial charge in [0, 0.05) is 0 Å². The second-order valence-corrected chi connectivity index (χ2v) is 7.94. The Labute approximate surface area is 123 Å². The van der Waals surface area contributed by atoms with Gasteiger partial charge in [-0.1, -0.05) is 17.7 Å². The van der Waals surface area contributed by atoms with Crippen LogP contribution in [0.15, 0.2) is 29.2 Å². The van der Waals surface area contributed by atoms with Crippen molar-refractivity contribution in [3.63, 3.8) is 0 Å². The normalized spacial score (nSPS) is 27.8. The SMILES string of the molecule is Cc1ccc(S(=O)(=O)N([N+](=O)[O-])C23CCC(CC2)C3)cc1. The van der Waals surface area contributed by atoms with Crippen LogP contribution in [0, 0.1) is 23.0 Å². The van der Waals surface area contributed by atoms with Gasteiger partial charge in [0.05, 0.1) is 4.90 Å². The summed E-state index contributed by atoms with van der Waals surface area (Å²) in [6, 6.07) is 6.21. The predicted octanol–water partition coefficient (Wildman–Crippen LogP) is 2.51. The molecule has 114 valence electrons. The first-order chi connectivity index (χ1) is 9.85. The van der Waals surface area contributed by atoms with E-state index in [2.05, 4.69) is 0 Å². The Hall–Kier alpha value is -1.63. The molecule has 0 unspecified atom stereocenters. The molecule has 0 atom stereocenters. The summed E-state index contributed by atoms with van der Waals surface area (Å²) >= 11 is 0. The molecule has 21 heavy (non-hydrogen) atoms. The molecule has 0 aliphatic heterocycles. The van der Waals surface area contributed by atoms with Crippen LogP contribution in [0.5, 0.6) is 0 Å². The third-order valence-corrected chi connectivity index (χ3v) is 6.65. The molecular weight excluding hydrogens is 292 g/mol. The molecule has 2 saturated carbocycles. The highest BCUT2D eigenvalue weighted by atomic mass is 32.2. The second kappa shape index (κ2) is 4.69. The number of fused-ring (bicyclic) bond motifs is 2. The molecule has 0 radical (unpaired) electrons. The summed E-state index contributed by atoms with van der Waals surface area (Å²) < 4.78 is 26.0. The fraction of sp³-hybridized carbons (Fsp3) is 0.571. The molecule has 2 fully saturated rings. The Bertz CT molecular complexity index is 661. The van der Waals surface area contributed by atoms with E-state index < -0.39 is 20.6 Å². The van der Waals surface area contributed by atoms with Gasteiger partial charge in [0.25, 0.3) is 0 Å². The van der Waals surface area contributed by atoms with E-state index in [9.17, 15) is 18.5 Å².